The maximum absolute atomic E-state index is 11.4. The molecule has 5 atom stereocenters. The number of ether oxygens (including phenoxy) is 2. The Bertz CT molecular complexity index is 243. The quantitative estimate of drug-likeness (QED) is 0.529. The summed E-state index contributed by atoms with van der Waals surface area (Å²) in [4.78, 5) is 11.4. The van der Waals surface area contributed by atoms with Crippen LogP contribution in [-0.4, -0.2) is 58.4 Å². The molecule has 1 aliphatic heterocycles. The average molecular weight is 234 g/mol. The number of aliphatic hydroxyl groups is 3. The van der Waals surface area contributed by atoms with Crippen molar-refractivity contribution < 1.29 is 29.6 Å². The first-order valence-corrected chi connectivity index (χ1v) is 5.33. The van der Waals surface area contributed by atoms with Crippen LogP contribution in [0.2, 0.25) is 0 Å². The van der Waals surface area contributed by atoms with Crippen molar-refractivity contribution in [2.45, 2.75) is 50.8 Å². The molecule has 1 unspecified atom stereocenters. The molecule has 0 aromatic heterocycles. The zero-order chi connectivity index (χ0) is 12.3. The number of rotatable bonds is 4. The van der Waals surface area contributed by atoms with E-state index in [1.807, 2.05) is 6.92 Å². The number of hydrogen-bond acceptors (Lipinski definition) is 6. The molecule has 0 radical (unpaired) electrons. The second-order valence-electron chi connectivity index (χ2n) is 3.96. The zero-order valence-corrected chi connectivity index (χ0v) is 9.37. The fourth-order valence-corrected chi connectivity index (χ4v) is 1.39. The molecule has 1 saturated heterocycles. The van der Waals surface area contributed by atoms with E-state index in [9.17, 15) is 20.1 Å². The van der Waals surface area contributed by atoms with Gasteiger partial charge in [-0.15, -0.1) is 0 Å². The minimum atomic E-state index is -1.57. The summed E-state index contributed by atoms with van der Waals surface area (Å²) in [6, 6.07) is 0. The van der Waals surface area contributed by atoms with Gasteiger partial charge in [-0.25, -0.2) is 4.79 Å². The van der Waals surface area contributed by atoms with E-state index in [0.29, 0.717) is 6.42 Å². The minimum Gasteiger partial charge on any atom is -0.461 e. The Morgan fingerprint density at radius 3 is 2.62 bits per heavy atom. The molecule has 0 aromatic rings. The lowest BCUT2D eigenvalue weighted by atomic mass is 10.1. The van der Waals surface area contributed by atoms with E-state index in [-0.39, 0.29) is 12.7 Å². The molecule has 0 saturated carbocycles. The summed E-state index contributed by atoms with van der Waals surface area (Å²) < 4.78 is 9.82. The fraction of sp³-hybridized carbons (Fsp3) is 0.900. The Labute approximate surface area is 93.8 Å². The van der Waals surface area contributed by atoms with Gasteiger partial charge in [-0.2, -0.15) is 0 Å². The van der Waals surface area contributed by atoms with Crippen LogP contribution in [0.25, 0.3) is 0 Å². The van der Waals surface area contributed by atoms with Gasteiger partial charge in [0, 0.05) is 0 Å². The van der Waals surface area contributed by atoms with Gasteiger partial charge in [0.05, 0.1) is 12.7 Å². The van der Waals surface area contributed by atoms with E-state index in [0.717, 1.165) is 0 Å². The molecule has 6 heteroatoms. The Kier molecular flexibility index (Phi) is 4.67. The van der Waals surface area contributed by atoms with E-state index in [4.69, 9.17) is 9.47 Å². The highest BCUT2D eigenvalue weighted by Crippen LogP contribution is 2.18. The predicted octanol–water partition coefficient (Wildman–Crippen LogP) is -1.19. The zero-order valence-electron chi connectivity index (χ0n) is 9.37. The third-order valence-electron chi connectivity index (χ3n) is 2.64. The summed E-state index contributed by atoms with van der Waals surface area (Å²) in [5, 5.41) is 28.2. The van der Waals surface area contributed by atoms with Crippen LogP contribution in [0.3, 0.4) is 0 Å². The lowest BCUT2D eigenvalue weighted by Crippen LogP contribution is -2.44. The first kappa shape index (κ1) is 13.4. The maximum Gasteiger partial charge on any atom is 0.338 e. The van der Waals surface area contributed by atoms with Crippen LogP contribution in [0.5, 0.6) is 0 Å². The van der Waals surface area contributed by atoms with Crippen molar-refractivity contribution in [2.75, 3.05) is 6.61 Å². The van der Waals surface area contributed by atoms with Gasteiger partial charge < -0.3 is 24.8 Å². The number of aliphatic hydroxyl groups excluding tert-OH is 3. The summed E-state index contributed by atoms with van der Waals surface area (Å²) in [6.45, 7) is 3.44. The van der Waals surface area contributed by atoms with Crippen molar-refractivity contribution in [3.8, 4) is 0 Å². The highest BCUT2D eigenvalue weighted by Gasteiger charge is 2.43. The molecule has 0 bridgehead atoms. The monoisotopic (exact) mass is 234 g/mol. The third-order valence-corrected chi connectivity index (χ3v) is 2.64. The number of carbonyl (C=O) groups is 1. The van der Waals surface area contributed by atoms with Gasteiger partial charge in [0.15, 0.2) is 6.10 Å². The van der Waals surface area contributed by atoms with Gasteiger partial charge in [0.2, 0.25) is 0 Å². The van der Waals surface area contributed by atoms with E-state index >= 15 is 0 Å². The Balaban J connectivity index is 2.51. The summed E-state index contributed by atoms with van der Waals surface area (Å²) >= 11 is 0. The van der Waals surface area contributed by atoms with Gasteiger partial charge in [-0.3, -0.25) is 0 Å². The van der Waals surface area contributed by atoms with E-state index < -0.39 is 30.4 Å². The largest absolute Gasteiger partial charge is 0.461 e. The van der Waals surface area contributed by atoms with Crippen molar-refractivity contribution in [1.82, 2.24) is 0 Å². The Morgan fingerprint density at radius 1 is 1.56 bits per heavy atom. The van der Waals surface area contributed by atoms with Crippen molar-refractivity contribution in [3.05, 3.63) is 0 Å². The summed E-state index contributed by atoms with van der Waals surface area (Å²) in [7, 11) is 0. The molecule has 1 aliphatic rings. The van der Waals surface area contributed by atoms with Crippen LogP contribution in [0.1, 0.15) is 20.3 Å². The first-order valence-electron chi connectivity index (χ1n) is 5.33. The van der Waals surface area contributed by atoms with E-state index in [1.165, 1.54) is 0 Å². The molecular weight excluding hydrogens is 216 g/mol. The minimum absolute atomic E-state index is 0.0977. The van der Waals surface area contributed by atoms with Crippen LogP contribution in [0, 0.1) is 0 Å². The van der Waals surface area contributed by atoms with Gasteiger partial charge in [0.25, 0.3) is 0 Å². The van der Waals surface area contributed by atoms with Crippen molar-refractivity contribution >= 4 is 5.97 Å². The van der Waals surface area contributed by atoms with Crippen molar-refractivity contribution in [3.63, 3.8) is 0 Å². The second kappa shape index (κ2) is 5.58. The van der Waals surface area contributed by atoms with Crippen molar-refractivity contribution in [1.29, 1.82) is 0 Å². The average Bonchev–Trinajstić information content (AvgIpc) is 2.58. The molecule has 1 heterocycles. The fourth-order valence-electron chi connectivity index (χ4n) is 1.39. The summed E-state index contributed by atoms with van der Waals surface area (Å²) in [6.07, 6.45) is -4.69. The van der Waals surface area contributed by atoms with Crippen LogP contribution >= 0.6 is 0 Å². The smallest absolute Gasteiger partial charge is 0.338 e. The molecule has 0 amide bonds. The standard InChI is InChI=1S/C10H18O6/c1-3-5(2)16-10(14)8(13)9-7(12)6(11)4-15-9/h5-9,11-13H,3-4H2,1-2H3/t5?,6-,7+,8-,9+/m1/s1. The lowest BCUT2D eigenvalue weighted by Gasteiger charge is -2.21. The van der Waals surface area contributed by atoms with Gasteiger partial charge >= 0.3 is 5.97 Å². The van der Waals surface area contributed by atoms with Gasteiger partial charge in [-0.05, 0) is 13.3 Å². The highest BCUT2D eigenvalue weighted by molar-refractivity contribution is 5.75. The number of carbonyl (C=O) groups excluding carboxylic acids is 1. The third kappa shape index (κ3) is 2.91. The molecular formula is C10H18O6. The summed E-state index contributed by atoms with van der Waals surface area (Å²) in [5.74, 6) is -0.840. The van der Waals surface area contributed by atoms with Crippen LogP contribution in [-0.2, 0) is 14.3 Å². The first-order chi connectivity index (χ1) is 7.47. The van der Waals surface area contributed by atoms with E-state index in [1.54, 1.807) is 6.92 Å². The van der Waals surface area contributed by atoms with Crippen LogP contribution < -0.4 is 0 Å². The molecule has 0 spiro atoms. The molecule has 16 heavy (non-hydrogen) atoms. The number of hydrogen-bond donors (Lipinski definition) is 3. The van der Waals surface area contributed by atoms with Crippen LogP contribution in [0.15, 0.2) is 0 Å². The Morgan fingerprint density at radius 2 is 2.19 bits per heavy atom. The second-order valence-corrected chi connectivity index (χ2v) is 3.96. The highest BCUT2D eigenvalue weighted by atomic mass is 16.6. The molecule has 6 nitrogen and oxygen atoms in total. The topological polar surface area (TPSA) is 96.2 Å². The van der Waals surface area contributed by atoms with E-state index in [2.05, 4.69) is 0 Å². The molecule has 3 N–H and O–H groups in total. The normalized spacial score (nSPS) is 33.4. The number of esters is 1. The van der Waals surface area contributed by atoms with Gasteiger partial charge in [0.1, 0.15) is 18.3 Å². The molecule has 1 fully saturated rings. The molecule has 1 rings (SSSR count). The lowest BCUT2D eigenvalue weighted by molar-refractivity contribution is -0.168. The Hall–Kier alpha value is -0.690. The molecule has 0 aromatic carbocycles. The summed E-state index contributed by atoms with van der Waals surface area (Å²) in [5.41, 5.74) is 0. The SMILES string of the molecule is CCC(C)OC(=O)[C@H](O)[C@H]1OC[C@@H](O)[C@@H]1O. The molecule has 0 aliphatic carbocycles. The molecule has 94 valence electrons. The predicted molar refractivity (Wildman–Crippen MR) is 53.6 cm³/mol. The van der Waals surface area contributed by atoms with Crippen LogP contribution in [0.4, 0.5) is 0 Å². The maximum atomic E-state index is 11.4. The van der Waals surface area contributed by atoms with Crippen molar-refractivity contribution in [2.24, 2.45) is 0 Å². The van der Waals surface area contributed by atoms with Gasteiger partial charge in [-0.1, -0.05) is 6.92 Å².